The molecule has 1 aliphatic rings. The van der Waals surface area contributed by atoms with E-state index in [4.69, 9.17) is 16.4 Å². The molecule has 57 heavy (non-hydrogen) atoms. The Hall–Kier alpha value is -4.53. The number of nitrogens with two attached hydrogens (primary N) is 1. The van der Waals surface area contributed by atoms with Gasteiger partial charge in [-0.15, -0.1) is 11.8 Å². The molecule has 0 aromatic heterocycles. The van der Waals surface area contributed by atoms with Gasteiger partial charge in [-0.3, -0.25) is 14.4 Å². The number of quaternary nitrogens is 1. The fraction of sp³-hybridized carbons (Fsp3) is 0.273. The van der Waals surface area contributed by atoms with Gasteiger partial charge in [0, 0.05) is 76.6 Å². The Morgan fingerprint density at radius 2 is 1.60 bits per heavy atom. The van der Waals surface area contributed by atoms with E-state index in [1.165, 1.54) is 16.8 Å². The quantitative estimate of drug-likeness (QED) is 0.0303. The second kappa shape index (κ2) is 20.8. The summed E-state index contributed by atoms with van der Waals surface area (Å²) >= 11 is 9.25. The smallest absolute Gasteiger partial charge is 0.335 e. The Morgan fingerprint density at radius 1 is 0.877 bits per heavy atom. The van der Waals surface area contributed by atoms with Gasteiger partial charge in [-0.2, -0.15) is 5.48 Å². The van der Waals surface area contributed by atoms with Crippen LogP contribution in [-0.2, 0) is 11.4 Å². The van der Waals surface area contributed by atoms with Gasteiger partial charge in [-0.25, -0.2) is 9.63 Å². The SMILES string of the molecule is CO[NH2+]c1cc(SNC(=O)c2ccc(N3CCN(Cc4cc(C(=O)O)ccc4-c4ccc(Cl)cc4)CC3)cc2)ccc1NC(CCN(C)C)CSc1ccccc1. The summed E-state index contributed by atoms with van der Waals surface area (Å²) in [6.07, 6.45) is 0.985. The number of amides is 1. The molecule has 5 N–H and O–H groups in total. The summed E-state index contributed by atoms with van der Waals surface area (Å²) in [6, 6.07) is 37.5. The minimum Gasteiger partial charge on any atom is -0.478 e. The number of piperazine rings is 1. The van der Waals surface area contributed by atoms with Crippen molar-refractivity contribution in [3.8, 4) is 11.1 Å². The number of benzene rings is 5. The number of hydrogen-bond acceptors (Lipinski definition) is 9. The number of nitrogens with one attached hydrogen (secondary N) is 2. The fourth-order valence-corrected chi connectivity index (χ4v) is 8.44. The summed E-state index contributed by atoms with van der Waals surface area (Å²) in [7, 11) is 5.83. The summed E-state index contributed by atoms with van der Waals surface area (Å²) in [5.74, 6) is -0.188. The van der Waals surface area contributed by atoms with Crippen LogP contribution in [0.3, 0.4) is 0 Å². The maximum Gasteiger partial charge on any atom is 0.335 e. The Bertz CT molecular complexity index is 2080. The van der Waals surface area contributed by atoms with Crippen molar-refractivity contribution in [1.29, 1.82) is 0 Å². The van der Waals surface area contributed by atoms with Crippen LogP contribution in [0.15, 0.2) is 125 Å². The van der Waals surface area contributed by atoms with Crippen LogP contribution in [0.4, 0.5) is 17.1 Å². The van der Waals surface area contributed by atoms with Gasteiger partial charge in [0.2, 0.25) is 0 Å². The molecule has 1 atom stereocenters. The minimum atomic E-state index is -0.939. The van der Waals surface area contributed by atoms with E-state index in [2.05, 4.69) is 69.2 Å². The summed E-state index contributed by atoms with van der Waals surface area (Å²) in [5, 5.41) is 14.1. The van der Waals surface area contributed by atoms with E-state index in [9.17, 15) is 14.7 Å². The summed E-state index contributed by atoms with van der Waals surface area (Å²) in [4.78, 5) is 39.5. The zero-order chi connectivity index (χ0) is 40.1. The molecule has 1 aliphatic heterocycles. The molecule has 5 aromatic rings. The van der Waals surface area contributed by atoms with E-state index >= 15 is 0 Å². The van der Waals surface area contributed by atoms with Gasteiger partial charge in [0.1, 0.15) is 0 Å². The maximum absolute atomic E-state index is 13.2. The third-order valence-corrected chi connectivity index (χ3v) is 12.0. The largest absolute Gasteiger partial charge is 0.478 e. The van der Waals surface area contributed by atoms with Gasteiger partial charge in [0.15, 0.2) is 5.69 Å². The zero-order valence-electron chi connectivity index (χ0n) is 32.5. The predicted octanol–water partition coefficient (Wildman–Crippen LogP) is 7.75. The molecule has 298 valence electrons. The number of hydrogen-bond donors (Lipinski definition) is 4. The van der Waals surface area contributed by atoms with Crippen LogP contribution < -0.4 is 20.4 Å². The third-order valence-electron chi connectivity index (χ3n) is 9.78. The molecule has 0 radical (unpaired) electrons. The average molecular weight is 827 g/mol. The first-order valence-corrected chi connectivity index (χ1v) is 21.1. The van der Waals surface area contributed by atoms with Crippen molar-refractivity contribution in [2.24, 2.45) is 0 Å². The van der Waals surface area contributed by atoms with Gasteiger partial charge in [-0.05, 0) is 128 Å². The first-order chi connectivity index (χ1) is 27.6. The number of carboxylic acid groups (broad SMARTS) is 1. The van der Waals surface area contributed by atoms with Crippen molar-refractivity contribution >= 4 is 64.2 Å². The molecule has 13 heteroatoms. The monoisotopic (exact) mass is 825 g/mol. The van der Waals surface area contributed by atoms with Crippen LogP contribution in [0.5, 0.6) is 0 Å². The molecule has 1 heterocycles. The number of nitrogens with zero attached hydrogens (tertiary/aromatic N) is 3. The molecule has 10 nitrogen and oxygen atoms in total. The van der Waals surface area contributed by atoms with E-state index < -0.39 is 5.97 Å². The van der Waals surface area contributed by atoms with Crippen molar-refractivity contribution in [3.05, 3.63) is 137 Å². The number of halogens is 1. The predicted molar refractivity (Wildman–Crippen MR) is 234 cm³/mol. The molecule has 0 aliphatic carbocycles. The number of aromatic carboxylic acids is 1. The number of thioether (sulfide) groups is 1. The lowest BCUT2D eigenvalue weighted by molar-refractivity contribution is -0.829. The second-order valence-electron chi connectivity index (χ2n) is 14.2. The number of carbonyl (C=O) groups is 2. The molecule has 0 bridgehead atoms. The van der Waals surface area contributed by atoms with Crippen LogP contribution in [0.1, 0.15) is 32.7 Å². The van der Waals surface area contributed by atoms with Crippen LogP contribution in [0, 0.1) is 0 Å². The molecule has 1 fully saturated rings. The molecule has 1 amide bonds. The fourth-order valence-electron chi connectivity index (χ4n) is 6.67. The Morgan fingerprint density at radius 3 is 2.28 bits per heavy atom. The lowest BCUT2D eigenvalue weighted by Crippen LogP contribution is -2.76. The van der Waals surface area contributed by atoms with Crippen LogP contribution in [-0.4, -0.2) is 92.5 Å². The van der Waals surface area contributed by atoms with Crippen molar-refractivity contribution in [1.82, 2.24) is 14.5 Å². The summed E-state index contributed by atoms with van der Waals surface area (Å²) in [6.45, 7) is 4.86. The van der Waals surface area contributed by atoms with E-state index in [0.717, 1.165) is 83.5 Å². The highest BCUT2D eigenvalue weighted by atomic mass is 35.5. The van der Waals surface area contributed by atoms with Gasteiger partial charge in [0.05, 0.1) is 18.4 Å². The van der Waals surface area contributed by atoms with Gasteiger partial charge in [-0.1, -0.05) is 48.0 Å². The number of carbonyl (C=O) groups excluding carboxylic acids is 1. The van der Waals surface area contributed by atoms with Crippen molar-refractivity contribution in [2.75, 3.05) is 69.9 Å². The molecular weight excluding hydrogens is 776 g/mol. The van der Waals surface area contributed by atoms with Crippen molar-refractivity contribution in [2.45, 2.75) is 28.8 Å². The van der Waals surface area contributed by atoms with E-state index in [1.807, 2.05) is 84.6 Å². The molecule has 0 saturated carbocycles. The average Bonchev–Trinajstić information content (AvgIpc) is 3.22. The second-order valence-corrected chi connectivity index (χ2v) is 16.6. The van der Waals surface area contributed by atoms with Gasteiger partial charge >= 0.3 is 5.97 Å². The molecule has 1 saturated heterocycles. The molecule has 1 unspecified atom stereocenters. The standard InChI is InChI=1S/C44H49ClN6O4S2/c1-49(2)22-21-36(30-56-38-7-5-4-6-8-38)46-41-20-18-39(28-42(41)47-55-3)57-48-43(52)32-11-16-37(17-12-32)51-25-23-50(24-26-51)29-34-27-33(44(53)54)13-19-40(34)31-9-14-35(45)15-10-31/h4-20,27-28,36,46-47H,21-26,29-30H2,1-3H3,(H,48,52)(H,53,54)/p+1. The third kappa shape index (κ3) is 12.2. The summed E-state index contributed by atoms with van der Waals surface area (Å²) in [5.41, 5.74) is 8.52. The number of carboxylic acids is 1. The highest BCUT2D eigenvalue weighted by Crippen LogP contribution is 2.30. The highest BCUT2D eigenvalue weighted by molar-refractivity contribution is 7.99. The van der Waals surface area contributed by atoms with Crippen LogP contribution in [0.25, 0.3) is 11.1 Å². The molecular formula is C44H50ClN6O4S2+. The van der Waals surface area contributed by atoms with E-state index in [1.54, 1.807) is 24.7 Å². The number of rotatable bonds is 18. The summed E-state index contributed by atoms with van der Waals surface area (Å²) < 4.78 is 3.00. The molecule has 6 rings (SSSR count). The normalized spacial score (nSPS) is 13.7. The maximum atomic E-state index is 13.2. The van der Waals surface area contributed by atoms with E-state index in [-0.39, 0.29) is 17.5 Å². The molecule has 0 spiro atoms. The topological polar surface area (TPSA) is 114 Å². The Balaban J connectivity index is 1.02. The van der Waals surface area contributed by atoms with Crippen LogP contribution in [0.2, 0.25) is 5.02 Å². The van der Waals surface area contributed by atoms with Gasteiger partial charge in [0.25, 0.3) is 5.91 Å². The molecule has 5 aromatic carbocycles. The first kappa shape index (κ1) is 42.1. The van der Waals surface area contributed by atoms with E-state index in [0.29, 0.717) is 17.1 Å². The Kier molecular flexibility index (Phi) is 15.3. The Labute approximate surface area is 349 Å². The zero-order valence-corrected chi connectivity index (χ0v) is 34.9. The first-order valence-electron chi connectivity index (χ1n) is 18.9. The highest BCUT2D eigenvalue weighted by Gasteiger charge is 2.21. The van der Waals surface area contributed by atoms with Crippen molar-refractivity contribution < 1.29 is 25.0 Å². The lowest BCUT2D eigenvalue weighted by Gasteiger charge is -2.36. The van der Waals surface area contributed by atoms with Gasteiger partial charge < -0.3 is 20.2 Å². The van der Waals surface area contributed by atoms with Crippen LogP contribution >= 0.6 is 35.3 Å². The number of anilines is 2. The lowest BCUT2D eigenvalue weighted by atomic mass is 9.97. The van der Waals surface area contributed by atoms with Crippen molar-refractivity contribution in [3.63, 3.8) is 0 Å². The minimum absolute atomic E-state index is 0.169.